The molecule has 0 aromatic heterocycles. The highest BCUT2D eigenvalue weighted by atomic mass is 16.2. The number of hydrogen-bond acceptors (Lipinski definition) is 5. The number of nitrogens with two attached hydrogens (primary N) is 2. The molecule has 1 atom stereocenters. The summed E-state index contributed by atoms with van der Waals surface area (Å²) in [5, 5.41) is 0. The molecule has 128 valence electrons. The molecule has 0 bridgehead atoms. The summed E-state index contributed by atoms with van der Waals surface area (Å²) in [6, 6.07) is 5.76. The highest BCUT2D eigenvalue weighted by Gasteiger charge is 2.36. The summed E-state index contributed by atoms with van der Waals surface area (Å²) < 4.78 is 0. The summed E-state index contributed by atoms with van der Waals surface area (Å²) in [4.78, 5) is 22.4. The van der Waals surface area contributed by atoms with E-state index in [0.29, 0.717) is 5.69 Å². The number of anilines is 1. The lowest BCUT2D eigenvalue weighted by Crippen LogP contribution is -2.47. The number of nitrogens with zero attached hydrogens (tertiary/aromatic N) is 3. The minimum atomic E-state index is -0.677. The number of amides is 1. The number of carbonyl (C=O) groups excluding carboxylic acids is 1. The van der Waals surface area contributed by atoms with Crippen LogP contribution in [0.4, 0.5) is 5.69 Å². The molecule has 1 aliphatic carbocycles. The quantitative estimate of drug-likeness (QED) is 0.638. The van der Waals surface area contributed by atoms with Crippen LogP contribution in [0, 0.1) is 5.92 Å². The summed E-state index contributed by atoms with van der Waals surface area (Å²) in [5.41, 5.74) is 13.8. The van der Waals surface area contributed by atoms with Crippen molar-refractivity contribution < 1.29 is 4.79 Å². The third-order valence-electron chi connectivity index (χ3n) is 4.88. The Kier molecular flexibility index (Phi) is 4.30. The lowest BCUT2D eigenvalue weighted by atomic mass is 9.87. The first-order valence-corrected chi connectivity index (χ1v) is 8.41. The van der Waals surface area contributed by atoms with Gasteiger partial charge in [0.2, 0.25) is 5.91 Å². The zero-order chi connectivity index (χ0) is 17.3. The molecule has 3 rings (SSSR count). The Bertz CT molecular complexity index is 707. The molecule has 6 nitrogen and oxygen atoms in total. The van der Waals surface area contributed by atoms with Crippen LogP contribution in [0.1, 0.15) is 43.7 Å². The molecule has 0 unspecified atom stereocenters. The van der Waals surface area contributed by atoms with Crippen LogP contribution < -0.4 is 11.5 Å². The van der Waals surface area contributed by atoms with Crippen molar-refractivity contribution in [3.05, 3.63) is 29.3 Å². The molecule has 1 heterocycles. The van der Waals surface area contributed by atoms with Gasteiger partial charge in [-0.2, -0.15) is 0 Å². The zero-order valence-electron chi connectivity index (χ0n) is 14.3. The third-order valence-corrected chi connectivity index (χ3v) is 4.88. The van der Waals surface area contributed by atoms with Crippen molar-refractivity contribution in [2.24, 2.45) is 21.6 Å². The molecule has 1 amide bonds. The van der Waals surface area contributed by atoms with Crippen LogP contribution in [0.25, 0.3) is 0 Å². The molecule has 2 aliphatic rings. The first-order valence-electron chi connectivity index (χ1n) is 8.41. The van der Waals surface area contributed by atoms with Crippen LogP contribution >= 0.6 is 0 Å². The molecule has 1 saturated carbocycles. The first-order chi connectivity index (χ1) is 11.4. The highest BCUT2D eigenvalue weighted by Crippen LogP contribution is 2.34. The van der Waals surface area contributed by atoms with Gasteiger partial charge >= 0.3 is 0 Å². The summed E-state index contributed by atoms with van der Waals surface area (Å²) in [5.74, 6) is 1.07. The van der Waals surface area contributed by atoms with Crippen LogP contribution in [0.5, 0.6) is 0 Å². The molecule has 4 N–H and O–H groups in total. The van der Waals surface area contributed by atoms with Gasteiger partial charge in [-0.1, -0.05) is 25.0 Å². The van der Waals surface area contributed by atoms with Crippen LogP contribution in [0.15, 0.2) is 28.2 Å². The van der Waals surface area contributed by atoms with Gasteiger partial charge in [-0.3, -0.25) is 14.7 Å². The normalized spacial score (nSPS) is 24.5. The summed E-state index contributed by atoms with van der Waals surface area (Å²) in [6.07, 6.45) is 5.97. The van der Waals surface area contributed by atoms with Gasteiger partial charge in [0, 0.05) is 31.1 Å². The van der Waals surface area contributed by atoms with Crippen LogP contribution in [-0.4, -0.2) is 36.6 Å². The van der Waals surface area contributed by atoms with Gasteiger partial charge in [0.1, 0.15) is 0 Å². The second kappa shape index (κ2) is 6.26. The van der Waals surface area contributed by atoms with Crippen molar-refractivity contribution in [3.63, 3.8) is 0 Å². The SMILES string of the molecule is CN1C(=O)C[C@@](C)(c2ccc(C=NCCC3CC3)c(N)c2)N=C1N. The second-order valence-electron chi connectivity index (χ2n) is 6.98. The Morgan fingerprint density at radius 3 is 2.79 bits per heavy atom. The Morgan fingerprint density at radius 1 is 1.42 bits per heavy atom. The summed E-state index contributed by atoms with van der Waals surface area (Å²) in [7, 11) is 1.64. The monoisotopic (exact) mass is 327 g/mol. The number of benzene rings is 1. The Morgan fingerprint density at radius 2 is 2.17 bits per heavy atom. The second-order valence-corrected chi connectivity index (χ2v) is 6.98. The number of guanidine groups is 1. The van der Waals surface area contributed by atoms with Gasteiger partial charge in [-0.25, -0.2) is 4.99 Å². The number of rotatable bonds is 5. The molecule has 0 radical (unpaired) electrons. The highest BCUT2D eigenvalue weighted by molar-refractivity contribution is 5.99. The van der Waals surface area contributed by atoms with E-state index < -0.39 is 5.54 Å². The predicted molar refractivity (Wildman–Crippen MR) is 97.0 cm³/mol. The summed E-state index contributed by atoms with van der Waals surface area (Å²) >= 11 is 0. The minimum Gasteiger partial charge on any atom is -0.398 e. The van der Waals surface area contributed by atoms with Crippen molar-refractivity contribution in [1.82, 2.24) is 4.90 Å². The van der Waals surface area contributed by atoms with Crippen LogP contribution in [-0.2, 0) is 10.3 Å². The van der Waals surface area contributed by atoms with Gasteiger partial charge in [-0.15, -0.1) is 0 Å². The van der Waals surface area contributed by atoms with Crippen molar-refractivity contribution >= 4 is 23.8 Å². The smallest absolute Gasteiger partial charge is 0.231 e. The molecule has 6 heteroatoms. The number of aliphatic imine (C=N–C) groups is 2. The van der Waals surface area contributed by atoms with Gasteiger partial charge in [-0.05, 0) is 30.9 Å². The lowest BCUT2D eigenvalue weighted by Gasteiger charge is -2.33. The molecule has 0 saturated heterocycles. The van der Waals surface area contributed by atoms with E-state index in [-0.39, 0.29) is 18.3 Å². The Balaban J connectivity index is 1.77. The predicted octanol–water partition coefficient (Wildman–Crippen LogP) is 1.88. The Labute approximate surface area is 142 Å². The van der Waals surface area contributed by atoms with Gasteiger partial charge in [0.15, 0.2) is 5.96 Å². The average Bonchev–Trinajstić information content (AvgIpc) is 3.34. The van der Waals surface area contributed by atoms with E-state index >= 15 is 0 Å². The number of nitrogen functional groups attached to an aromatic ring is 1. The average molecular weight is 327 g/mol. The van der Waals surface area contributed by atoms with E-state index in [4.69, 9.17) is 11.5 Å². The molecule has 1 aliphatic heterocycles. The minimum absolute atomic E-state index is 0.0470. The molecule has 1 aromatic rings. The van der Waals surface area contributed by atoms with Crippen LogP contribution in [0.3, 0.4) is 0 Å². The van der Waals surface area contributed by atoms with Crippen molar-refractivity contribution in [1.29, 1.82) is 0 Å². The maximum absolute atomic E-state index is 12.1. The van der Waals surface area contributed by atoms with Gasteiger partial charge in [0.05, 0.1) is 12.0 Å². The van der Waals surface area contributed by atoms with E-state index in [1.807, 2.05) is 31.3 Å². The lowest BCUT2D eigenvalue weighted by molar-refractivity contribution is -0.128. The fourth-order valence-corrected chi connectivity index (χ4v) is 2.93. The fraction of sp³-hybridized carbons (Fsp3) is 0.500. The largest absolute Gasteiger partial charge is 0.398 e. The van der Waals surface area contributed by atoms with E-state index in [1.165, 1.54) is 17.7 Å². The maximum atomic E-state index is 12.1. The number of carbonyl (C=O) groups is 1. The maximum Gasteiger partial charge on any atom is 0.231 e. The van der Waals surface area contributed by atoms with Crippen molar-refractivity contribution in [3.8, 4) is 0 Å². The topological polar surface area (TPSA) is 97.1 Å². The Hall–Kier alpha value is -2.37. The molecular formula is C18H25N5O. The van der Waals surface area contributed by atoms with Crippen LogP contribution in [0.2, 0.25) is 0 Å². The standard InChI is InChI=1S/C18H25N5O/c1-18(10-16(24)23(2)17(20)22-18)14-6-5-13(15(19)9-14)11-21-8-7-12-3-4-12/h5-6,9,11-12H,3-4,7-8,10,19H2,1-2H3,(H2,20,22)/t18-/m0/s1. The molecule has 0 spiro atoms. The first kappa shape index (κ1) is 16.5. The van der Waals surface area contributed by atoms with E-state index in [9.17, 15) is 4.79 Å². The molecular weight excluding hydrogens is 302 g/mol. The van der Waals surface area contributed by atoms with E-state index in [2.05, 4.69) is 9.98 Å². The zero-order valence-corrected chi connectivity index (χ0v) is 14.3. The summed E-state index contributed by atoms with van der Waals surface area (Å²) in [6.45, 7) is 2.76. The third kappa shape index (κ3) is 3.42. The van der Waals surface area contributed by atoms with E-state index in [0.717, 1.165) is 30.0 Å². The number of hydrogen-bond donors (Lipinski definition) is 2. The molecule has 24 heavy (non-hydrogen) atoms. The molecule has 1 aromatic carbocycles. The van der Waals surface area contributed by atoms with Gasteiger partial charge in [0.25, 0.3) is 0 Å². The van der Waals surface area contributed by atoms with Crippen molar-refractivity contribution in [2.45, 2.75) is 38.1 Å². The fourth-order valence-electron chi connectivity index (χ4n) is 2.93. The van der Waals surface area contributed by atoms with E-state index in [1.54, 1.807) is 7.05 Å². The van der Waals surface area contributed by atoms with Crippen molar-refractivity contribution in [2.75, 3.05) is 19.3 Å². The molecule has 1 fully saturated rings. The van der Waals surface area contributed by atoms with Gasteiger partial charge < -0.3 is 11.5 Å².